The summed E-state index contributed by atoms with van der Waals surface area (Å²) in [6.45, 7) is 2.79. The van der Waals surface area contributed by atoms with Gasteiger partial charge in [0.2, 0.25) is 0 Å². The maximum absolute atomic E-state index is 6.02. The molecule has 2 N–H and O–H groups in total. The van der Waals surface area contributed by atoms with E-state index in [0.29, 0.717) is 0 Å². The second-order valence-electron chi connectivity index (χ2n) is 4.99. The van der Waals surface area contributed by atoms with Gasteiger partial charge in [0.25, 0.3) is 0 Å². The molecule has 106 valence electrons. The van der Waals surface area contributed by atoms with Gasteiger partial charge in [-0.05, 0) is 58.2 Å². The van der Waals surface area contributed by atoms with Crippen molar-refractivity contribution in [2.24, 2.45) is 5.73 Å². The molecule has 1 atom stereocenters. The average Bonchev–Trinajstić information content (AvgIpc) is 2.38. The van der Waals surface area contributed by atoms with E-state index < -0.39 is 0 Å². The van der Waals surface area contributed by atoms with E-state index in [0.717, 1.165) is 27.3 Å². The highest BCUT2D eigenvalue weighted by molar-refractivity contribution is 9.10. The van der Waals surface area contributed by atoms with Crippen LogP contribution < -0.4 is 10.6 Å². The molecule has 0 aliphatic rings. The first-order valence-corrected chi connectivity index (χ1v) is 7.65. The van der Waals surface area contributed by atoms with Crippen LogP contribution in [0.5, 0.6) is 0 Å². The maximum Gasteiger partial charge on any atom is 0.0511 e. The summed E-state index contributed by atoms with van der Waals surface area (Å²) in [6.07, 6.45) is 0. The Labute approximate surface area is 133 Å². The summed E-state index contributed by atoms with van der Waals surface area (Å²) < 4.78 is 1.05. The van der Waals surface area contributed by atoms with Crippen LogP contribution in [0.4, 0.5) is 5.69 Å². The maximum atomic E-state index is 6.02. The molecule has 2 rings (SSSR count). The van der Waals surface area contributed by atoms with Gasteiger partial charge in [0.15, 0.2) is 0 Å². The van der Waals surface area contributed by atoms with Crippen molar-refractivity contribution in [1.82, 2.24) is 0 Å². The quantitative estimate of drug-likeness (QED) is 0.858. The van der Waals surface area contributed by atoms with Crippen LogP contribution in [0, 0.1) is 0 Å². The van der Waals surface area contributed by atoms with E-state index in [4.69, 9.17) is 17.3 Å². The van der Waals surface area contributed by atoms with Crippen LogP contribution in [0.2, 0.25) is 5.02 Å². The Morgan fingerprint density at radius 1 is 1.25 bits per heavy atom. The molecule has 0 amide bonds. The van der Waals surface area contributed by atoms with E-state index in [-0.39, 0.29) is 6.04 Å². The van der Waals surface area contributed by atoms with E-state index in [1.54, 1.807) is 0 Å². The summed E-state index contributed by atoms with van der Waals surface area (Å²) in [5.74, 6) is 0. The first-order chi connectivity index (χ1) is 9.47. The number of nitrogens with zero attached hydrogens (tertiary/aromatic N) is 1. The number of hydrogen-bond donors (Lipinski definition) is 1. The Kier molecular flexibility index (Phi) is 5.08. The zero-order chi connectivity index (χ0) is 14.7. The van der Waals surface area contributed by atoms with Gasteiger partial charge in [-0.3, -0.25) is 0 Å². The van der Waals surface area contributed by atoms with E-state index in [1.165, 1.54) is 5.56 Å². The molecule has 4 heteroatoms. The fourth-order valence-electron chi connectivity index (χ4n) is 2.11. The van der Waals surface area contributed by atoms with Gasteiger partial charge in [0.1, 0.15) is 0 Å². The number of halogens is 2. The predicted molar refractivity (Wildman–Crippen MR) is 90.3 cm³/mol. The van der Waals surface area contributed by atoms with Gasteiger partial charge in [0.05, 0.1) is 5.69 Å². The zero-order valence-corrected chi connectivity index (χ0v) is 13.9. The molecule has 0 radical (unpaired) electrons. The molecule has 2 aromatic carbocycles. The summed E-state index contributed by atoms with van der Waals surface area (Å²) in [5, 5.41) is 0.766. The van der Waals surface area contributed by atoms with Crippen molar-refractivity contribution < 1.29 is 0 Å². The van der Waals surface area contributed by atoms with Gasteiger partial charge in [-0.2, -0.15) is 0 Å². The molecule has 1 unspecified atom stereocenters. The SMILES string of the molecule is CC(N)c1ccc(N(C)Cc2cccc(Cl)c2)c(Br)c1. The second kappa shape index (κ2) is 6.61. The average molecular weight is 354 g/mol. The highest BCUT2D eigenvalue weighted by Gasteiger charge is 2.09. The summed E-state index contributed by atoms with van der Waals surface area (Å²) >= 11 is 9.64. The molecule has 0 spiro atoms. The normalized spacial score (nSPS) is 12.2. The minimum absolute atomic E-state index is 0.0404. The summed E-state index contributed by atoms with van der Waals surface area (Å²) in [5.41, 5.74) is 9.34. The Hall–Kier alpha value is -1.03. The lowest BCUT2D eigenvalue weighted by Crippen LogP contribution is -2.17. The third-order valence-corrected chi connectivity index (χ3v) is 4.09. The first-order valence-electron chi connectivity index (χ1n) is 6.48. The molecule has 0 bridgehead atoms. The number of anilines is 1. The molecule has 2 aromatic rings. The van der Waals surface area contributed by atoms with Crippen molar-refractivity contribution in [2.75, 3.05) is 11.9 Å². The van der Waals surface area contributed by atoms with Crippen molar-refractivity contribution in [3.05, 3.63) is 63.1 Å². The number of nitrogens with two attached hydrogens (primary N) is 1. The van der Waals surface area contributed by atoms with Crippen LogP contribution in [0.25, 0.3) is 0 Å². The summed E-state index contributed by atoms with van der Waals surface area (Å²) in [6, 6.07) is 14.2. The number of benzene rings is 2. The molecular weight excluding hydrogens is 336 g/mol. The van der Waals surface area contributed by atoms with Crippen LogP contribution in [0.1, 0.15) is 24.1 Å². The molecule has 0 aliphatic carbocycles. The van der Waals surface area contributed by atoms with E-state index in [2.05, 4.69) is 52.1 Å². The summed E-state index contributed by atoms with van der Waals surface area (Å²) in [7, 11) is 2.06. The fraction of sp³-hybridized carbons (Fsp3) is 0.250. The van der Waals surface area contributed by atoms with E-state index >= 15 is 0 Å². The van der Waals surface area contributed by atoms with Crippen molar-refractivity contribution in [1.29, 1.82) is 0 Å². The molecule has 0 fully saturated rings. The van der Waals surface area contributed by atoms with Gasteiger partial charge >= 0.3 is 0 Å². The predicted octanol–water partition coefficient (Wildman–Crippen LogP) is 4.76. The lowest BCUT2D eigenvalue weighted by molar-refractivity contribution is 0.816. The standard InChI is InChI=1S/C16H18BrClN2/c1-11(19)13-6-7-16(15(17)9-13)20(2)10-12-4-3-5-14(18)8-12/h3-9,11H,10,19H2,1-2H3. The third-order valence-electron chi connectivity index (χ3n) is 3.22. The Balaban J connectivity index is 2.19. The zero-order valence-electron chi connectivity index (χ0n) is 11.6. The molecule has 2 nitrogen and oxygen atoms in total. The molecule has 0 saturated carbocycles. The molecule has 0 aromatic heterocycles. The van der Waals surface area contributed by atoms with Crippen LogP contribution >= 0.6 is 27.5 Å². The lowest BCUT2D eigenvalue weighted by atomic mass is 10.1. The van der Waals surface area contributed by atoms with Crippen LogP contribution in [-0.4, -0.2) is 7.05 Å². The molecular formula is C16H18BrClN2. The monoisotopic (exact) mass is 352 g/mol. The minimum atomic E-state index is 0.0404. The lowest BCUT2D eigenvalue weighted by Gasteiger charge is -2.22. The largest absolute Gasteiger partial charge is 0.369 e. The molecule has 0 aliphatic heterocycles. The van der Waals surface area contributed by atoms with E-state index in [1.807, 2.05) is 25.1 Å². The van der Waals surface area contributed by atoms with Crippen LogP contribution in [0.3, 0.4) is 0 Å². The smallest absolute Gasteiger partial charge is 0.0511 e. The highest BCUT2D eigenvalue weighted by atomic mass is 79.9. The Morgan fingerprint density at radius 2 is 2.00 bits per heavy atom. The van der Waals surface area contributed by atoms with E-state index in [9.17, 15) is 0 Å². The second-order valence-corrected chi connectivity index (χ2v) is 6.28. The topological polar surface area (TPSA) is 29.3 Å². The molecule has 0 heterocycles. The van der Waals surface area contributed by atoms with Gasteiger partial charge in [-0.15, -0.1) is 0 Å². The highest BCUT2D eigenvalue weighted by Crippen LogP contribution is 2.29. The van der Waals surface area contributed by atoms with Crippen LogP contribution in [-0.2, 0) is 6.54 Å². The fourth-order valence-corrected chi connectivity index (χ4v) is 3.02. The van der Waals surface area contributed by atoms with Crippen molar-refractivity contribution in [2.45, 2.75) is 19.5 Å². The van der Waals surface area contributed by atoms with Crippen molar-refractivity contribution in [3.63, 3.8) is 0 Å². The van der Waals surface area contributed by atoms with Crippen molar-refractivity contribution in [3.8, 4) is 0 Å². The van der Waals surface area contributed by atoms with Crippen molar-refractivity contribution >= 4 is 33.2 Å². The summed E-state index contributed by atoms with van der Waals surface area (Å²) in [4.78, 5) is 2.18. The van der Waals surface area contributed by atoms with Gasteiger partial charge in [-0.25, -0.2) is 0 Å². The number of rotatable bonds is 4. The minimum Gasteiger partial charge on any atom is -0.369 e. The van der Waals surface area contributed by atoms with Gasteiger partial charge < -0.3 is 10.6 Å². The van der Waals surface area contributed by atoms with Gasteiger partial charge in [-0.1, -0.05) is 29.8 Å². The Morgan fingerprint density at radius 3 is 2.60 bits per heavy atom. The van der Waals surface area contributed by atoms with Gasteiger partial charge in [0, 0.05) is 29.1 Å². The molecule has 0 saturated heterocycles. The first kappa shape index (κ1) is 15.4. The third kappa shape index (κ3) is 3.75. The molecule has 20 heavy (non-hydrogen) atoms. The van der Waals surface area contributed by atoms with Crippen LogP contribution in [0.15, 0.2) is 46.9 Å². The number of hydrogen-bond acceptors (Lipinski definition) is 2. The Bertz CT molecular complexity index is 599.